The molecular formula is C18H13BrN4O4S2. The van der Waals surface area contributed by atoms with Crippen LogP contribution in [-0.4, -0.2) is 28.0 Å². The fourth-order valence-corrected chi connectivity index (χ4v) is 3.93. The van der Waals surface area contributed by atoms with Crippen LogP contribution in [0.2, 0.25) is 0 Å². The minimum absolute atomic E-state index is 0.00929. The quantitative estimate of drug-likeness (QED) is 0.304. The van der Waals surface area contributed by atoms with Gasteiger partial charge < -0.3 is 10.1 Å². The van der Waals surface area contributed by atoms with Crippen molar-refractivity contribution in [3.63, 3.8) is 0 Å². The highest BCUT2D eigenvalue weighted by molar-refractivity contribution is 9.10. The largest absolute Gasteiger partial charge is 0.496 e. The first kappa shape index (κ1) is 20.8. The molecule has 0 aliphatic heterocycles. The number of anilines is 1. The Hall–Kier alpha value is -2.89. The molecule has 2 N–H and O–H groups in total. The number of rotatable bonds is 5. The van der Waals surface area contributed by atoms with Crippen LogP contribution in [0.15, 0.2) is 52.3 Å². The summed E-state index contributed by atoms with van der Waals surface area (Å²) >= 11 is 9.87. The zero-order valence-corrected chi connectivity index (χ0v) is 18.1. The lowest BCUT2D eigenvalue weighted by atomic mass is 10.1. The van der Waals surface area contributed by atoms with Gasteiger partial charge >= 0.3 is 0 Å². The lowest BCUT2D eigenvalue weighted by Gasteiger charge is -2.07. The van der Waals surface area contributed by atoms with Gasteiger partial charge in [0.2, 0.25) is 0 Å². The Kier molecular flexibility index (Phi) is 6.52. The van der Waals surface area contributed by atoms with Gasteiger partial charge in [-0.05, 0) is 52.4 Å². The number of ether oxygens (including phenoxy) is 1. The zero-order chi connectivity index (χ0) is 21.0. The van der Waals surface area contributed by atoms with Gasteiger partial charge in [-0.1, -0.05) is 12.1 Å². The van der Waals surface area contributed by atoms with Crippen LogP contribution in [0.5, 0.6) is 5.75 Å². The van der Waals surface area contributed by atoms with Gasteiger partial charge in [0, 0.05) is 17.0 Å². The number of amides is 1. The summed E-state index contributed by atoms with van der Waals surface area (Å²) in [6, 6.07) is 11.2. The summed E-state index contributed by atoms with van der Waals surface area (Å²) < 4.78 is 6.01. The molecule has 1 amide bonds. The maximum Gasteiger partial charge on any atom is 0.282 e. The predicted molar refractivity (Wildman–Crippen MR) is 119 cm³/mol. The minimum Gasteiger partial charge on any atom is -0.496 e. The third kappa shape index (κ3) is 4.94. The Balaban J connectivity index is 1.69. The highest BCUT2D eigenvalue weighted by Crippen LogP contribution is 2.32. The summed E-state index contributed by atoms with van der Waals surface area (Å²) in [4.78, 5) is 27.2. The van der Waals surface area contributed by atoms with Crippen LogP contribution < -0.4 is 15.4 Å². The SMILES string of the molecule is COc1ccc(-c2csc(NC(=S)NC(=O)c3ccccc3[N+](=O)[O-])n2)cc1Br. The van der Waals surface area contributed by atoms with E-state index in [1.165, 1.54) is 29.5 Å². The van der Waals surface area contributed by atoms with Crippen molar-refractivity contribution in [3.05, 3.63) is 68.0 Å². The highest BCUT2D eigenvalue weighted by Gasteiger charge is 2.20. The number of carbonyl (C=O) groups is 1. The zero-order valence-electron chi connectivity index (χ0n) is 14.8. The number of benzene rings is 2. The molecule has 0 aliphatic carbocycles. The third-order valence-electron chi connectivity index (χ3n) is 3.74. The Morgan fingerprint density at radius 2 is 2.07 bits per heavy atom. The van der Waals surface area contributed by atoms with Crippen molar-refractivity contribution in [2.45, 2.75) is 0 Å². The first-order valence-corrected chi connectivity index (χ1v) is 10.1. The van der Waals surface area contributed by atoms with Crippen LogP contribution in [0.25, 0.3) is 11.3 Å². The Morgan fingerprint density at radius 1 is 1.31 bits per heavy atom. The van der Waals surface area contributed by atoms with E-state index in [0.29, 0.717) is 16.6 Å². The van der Waals surface area contributed by atoms with Gasteiger partial charge in [0.25, 0.3) is 11.6 Å². The predicted octanol–water partition coefficient (Wildman–Crippen LogP) is 4.62. The summed E-state index contributed by atoms with van der Waals surface area (Å²) in [5.74, 6) is 0.0342. The van der Waals surface area contributed by atoms with Crippen LogP contribution >= 0.6 is 39.5 Å². The van der Waals surface area contributed by atoms with Crippen molar-refractivity contribution < 1.29 is 14.5 Å². The second-order valence-corrected chi connectivity index (χ2v) is 7.69. The molecule has 148 valence electrons. The molecule has 3 aromatic rings. The van der Waals surface area contributed by atoms with Crippen LogP contribution in [0.1, 0.15) is 10.4 Å². The topological polar surface area (TPSA) is 106 Å². The summed E-state index contributed by atoms with van der Waals surface area (Å²) in [6.07, 6.45) is 0. The monoisotopic (exact) mass is 492 g/mol. The minimum atomic E-state index is -0.675. The van der Waals surface area contributed by atoms with E-state index >= 15 is 0 Å². The summed E-state index contributed by atoms with van der Waals surface area (Å²) in [5, 5.41) is 18.6. The van der Waals surface area contributed by atoms with Crippen LogP contribution in [-0.2, 0) is 0 Å². The standard InChI is InChI=1S/C18H13BrN4O4S2/c1-27-15-7-6-10(8-12(15)19)13-9-29-18(20-13)22-17(28)21-16(24)11-4-2-3-5-14(11)23(25)26/h2-9H,1H3,(H2,20,21,22,24,28). The molecule has 0 saturated carbocycles. The Labute approximate surface area is 183 Å². The molecular weight excluding hydrogens is 480 g/mol. The van der Waals surface area contributed by atoms with Gasteiger partial charge in [0.1, 0.15) is 11.3 Å². The Bertz CT molecular complexity index is 1100. The number of aromatic nitrogens is 1. The average Bonchev–Trinajstić information content (AvgIpc) is 3.16. The summed E-state index contributed by atoms with van der Waals surface area (Å²) in [6.45, 7) is 0. The molecule has 0 spiro atoms. The number of halogens is 1. The van der Waals surface area contributed by atoms with Crippen LogP contribution in [0.3, 0.4) is 0 Å². The first-order valence-electron chi connectivity index (χ1n) is 8.04. The second kappa shape index (κ2) is 9.07. The molecule has 0 bridgehead atoms. The van der Waals surface area contributed by atoms with Gasteiger partial charge in [0.05, 0.1) is 22.2 Å². The van der Waals surface area contributed by atoms with Crippen molar-refractivity contribution in [3.8, 4) is 17.0 Å². The van der Waals surface area contributed by atoms with Crippen molar-refractivity contribution in [2.24, 2.45) is 0 Å². The molecule has 1 aromatic heterocycles. The number of nitrogens with one attached hydrogen (secondary N) is 2. The van der Waals surface area contributed by atoms with E-state index in [1.807, 2.05) is 23.6 Å². The van der Waals surface area contributed by atoms with E-state index in [1.54, 1.807) is 13.2 Å². The van der Waals surface area contributed by atoms with Gasteiger partial charge in [-0.15, -0.1) is 11.3 Å². The molecule has 1 heterocycles. The number of thiocarbonyl (C=S) groups is 1. The van der Waals surface area contributed by atoms with E-state index in [2.05, 4.69) is 31.5 Å². The summed E-state index contributed by atoms with van der Waals surface area (Å²) in [7, 11) is 1.59. The molecule has 0 radical (unpaired) electrons. The molecule has 3 rings (SSSR count). The molecule has 2 aromatic carbocycles. The van der Waals surface area contributed by atoms with Gasteiger partial charge in [0.15, 0.2) is 10.2 Å². The molecule has 0 atom stereocenters. The lowest BCUT2D eigenvalue weighted by Crippen LogP contribution is -2.34. The number of carbonyl (C=O) groups excluding carboxylic acids is 1. The van der Waals surface area contributed by atoms with Gasteiger partial charge in [-0.2, -0.15) is 0 Å². The van der Waals surface area contributed by atoms with Crippen LogP contribution in [0.4, 0.5) is 10.8 Å². The smallest absolute Gasteiger partial charge is 0.282 e. The van der Waals surface area contributed by atoms with Crippen LogP contribution in [0, 0.1) is 10.1 Å². The molecule has 8 nitrogen and oxygen atoms in total. The number of hydrogen-bond donors (Lipinski definition) is 2. The summed E-state index contributed by atoms with van der Waals surface area (Å²) in [5.41, 5.74) is 1.21. The molecule has 0 saturated heterocycles. The number of methoxy groups -OCH3 is 1. The van der Waals surface area contributed by atoms with E-state index in [9.17, 15) is 14.9 Å². The van der Waals surface area contributed by atoms with Crippen molar-refractivity contribution in [1.82, 2.24) is 10.3 Å². The fourth-order valence-electron chi connectivity index (χ4n) is 2.41. The number of nitro benzene ring substituents is 1. The molecule has 0 aliphatic rings. The number of para-hydroxylation sites is 1. The van der Waals surface area contributed by atoms with Crippen molar-refractivity contribution in [1.29, 1.82) is 0 Å². The fraction of sp³-hybridized carbons (Fsp3) is 0.0556. The maximum absolute atomic E-state index is 12.3. The first-order chi connectivity index (χ1) is 13.9. The van der Waals surface area contributed by atoms with Gasteiger partial charge in [-0.25, -0.2) is 4.98 Å². The third-order valence-corrected chi connectivity index (χ3v) is 5.33. The van der Waals surface area contributed by atoms with E-state index in [-0.39, 0.29) is 16.4 Å². The second-order valence-electron chi connectivity index (χ2n) is 5.57. The molecule has 11 heteroatoms. The van der Waals surface area contributed by atoms with E-state index in [0.717, 1.165) is 10.0 Å². The number of thiazole rings is 1. The van der Waals surface area contributed by atoms with E-state index < -0.39 is 10.8 Å². The van der Waals surface area contributed by atoms with Crippen molar-refractivity contribution in [2.75, 3.05) is 12.4 Å². The number of nitrogens with zero attached hydrogens (tertiary/aromatic N) is 2. The average molecular weight is 493 g/mol. The Morgan fingerprint density at radius 3 is 2.76 bits per heavy atom. The highest BCUT2D eigenvalue weighted by atomic mass is 79.9. The molecule has 0 fully saturated rings. The molecule has 29 heavy (non-hydrogen) atoms. The normalized spacial score (nSPS) is 10.3. The maximum atomic E-state index is 12.3. The number of hydrogen-bond acceptors (Lipinski definition) is 7. The van der Waals surface area contributed by atoms with Crippen molar-refractivity contribution >= 4 is 61.3 Å². The lowest BCUT2D eigenvalue weighted by molar-refractivity contribution is -0.385. The van der Waals surface area contributed by atoms with Gasteiger partial charge in [-0.3, -0.25) is 20.2 Å². The van der Waals surface area contributed by atoms with E-state index in [4.69, 9.17) is 17.0 Å². The number of nitro groups is 1. The molecule has 0 unspecified atom stereocenters.